The normalized spacial score (nSPS) is 16.3. The molecule has 2 amide bonds. The predicted molar refractivity (Wildman–Crippen MR) is 104 cm³/mol. The van der Waals surface area contributed by atoms with Crippen LogP contribution in [0, 0.1) is 0 Å². The second-order valence-electron chi connectivity index (χ2n) is 6.96. The summed E-state index contributed by atoms with van der Waals surface area (Å²) in [5, 5.41) is 4.31. The molecule has 8 nitrogen and oxygen atoms in total. The third-order valence-electron chi connectivity index (χ3n) is 5.45. The van der Waals surface area contributed by atoms with Gasteiger partial charge in [-0.2, -0.15) is 5.10 Å². The van der Waals surface area contributed by atoms with Crippen LogP contribution in [0.25, 0.3) is 0 Å². The van der Waals surface area contributed by atoms with E-state index in [1.165, 1.54) is 0 Å². The summed E-state index contributed by atoms with van der Waals surface area (Å²) in [5.74, 6) is 0.769. The molecule has 28 heavy (non-hydrogen) atoms. The fraction of sp³-hybridized carbons (Fsp3) is 0.300. The third kappa shape index (κ3) is 2.45. The number of hydrogen-bond acceptors (Lipinski definition) is 4. The Morgan fingerprint density at radius 3 is 2.46 bits per heavy atom. The van der Waals surface area contributed by atoms with E-state index in [0.29, 0.717) is 25.3 Å². The number of fused-ring (bicyclic) bond motifs is 2. The molecular formula is C20H20N6O2. The minimum absolute atomic E-state index is 0.0227. The van der Waals surface area contributed by atoms with Crippen LogP contribution in [0.3, 0.4) is 0 Å². The largest absolute Gasteiger partial charge is 0.334 e. The second kappa shape index (κ2) is 6.33. The van der Waals surface area contributed by atoms with Gasteiger partial charge in [0.05, 0.1) is 6.20 Å². The van der Waals surface area contributed by atoms with Gasteiger partial charge in [-0.15, -0.1) is 0 Å². The summed E-state index contributed by atoms with van der Waals surface area (Å²) in [6.07, 6.45) is 6.64. The highest BCUT2D eigenvalue weighted by molar-refractivity contribution is 6.07. The highest BCUT2D eigenvalue weighted by Crippen LogP contribution is 2.28. The SMILES string of the molecule is CCn1ncc2c1C(=O)N(c1ccc(N3CCc4nccn4C3=O)cc1)CC2. The van der Waals surface area contributed by atoms with E-state index in [4.69, 9.17) is 0 Å². The van der Waals surface area contributed by atoms with Gasteiger partial charge in [-0.05, 0) is 37.6 Å². The molecule has 0 fully saturated rings. The number of carbonyl (C=O) groups excluding carboxylic acids is 2. The molecule has 4 heterocycles. The Morgan fingerprint density at radius 1 is 1.00 bits per heavy atom. The average Bonchev–Trinajstić information content (AvgIpc) is 3.36. The number of aryl methyl sites for hydroxylation is 1. The van der Waals surface area contributed by atoms with Crippen LogP contribution in [-0.4, -0.2) is 44.4 Å². The van der Waals surface area contributed by atoms with Gasteiger partial charge in [0.25, 0.3) is 5.91 Å². The number of nitrogens with zero attached hydrogens (tertiary/aromatic N) is 6. The van der Waals surface area contributed by atoms with Gasteiger partial charge in [0.15, 0.2) is 0 Å². The topological polar surface area (TPSA) is 76.3 Å². The van der Waals surface area contributed by atoms with Gasteiger partial charge in [0.1, 0.15) is 11.5 Å². The highest BCUT2D eigenvalue weighted by atomic mass is 16.2. The molecule has 8 heteroatoms. The fourth-order valence-electron chi connectivity index (χ4n) is 3.99. The standard InChI is InChI=1S/C20H20N6O2/c1-2-26-18-14(13-22-26)7-10-23(19(18)27)15-3-5-16(6-4-15)24-11-8-17-21-9-12-25(17)20(24)28/h3-6,9,12-13H,2,7-8,10-11H2,1H3. The maximum atomic E-state index is 13.0. The van der Waals surface area contributed by atoms with Crippen molar-refractivity contribution in [1.29, 1.82) is 0 Å². The molecule has 5 rings (SSSR count). The van der Waals surface area contributed by atoms with Gasteiger partial charge >= 0.3 is 6.03 Å². The van der Waals surface area contributed by atoms with Crippen molar-refractivity contribution in [2.45, 2.75) is 26.3 Å². The van der Waals surface area contributed by atoms with Crippen LogP contribution in [0.2, 0.25) is 0 Å². The van der Waals surface area contributed by atoms with Crippen molar-refractivity contribution in [1.82, 2.24) is 19.3 Å². The van der Waals surface area contributed by atoms with Gasteiger partial charge in [0, 0.05) is 55.4 Å². The van der Waals surface area contributed by atoms with Gasteiger partial charge < -0.3 is 4.90 Å². The molecule has 2 aromatic heterocycles. The number of imidazole rings is 1. The lowest BCUT2D eigenvalue weighted by molar-refractivity contribution is 0.0970. The van der Waals surface area contributed by atoms with E-state index in [-0.39, 0.29) is 11.9 Å². The number of aromatic nitrogens is 4. The van der Waals surface area contributed by atoms with Crippen LogP contribution >= 0.6 is 0 Å². The minimum atomic E-state index is -0.1000. The lowest BCUT2D eigenvalue weighted by Crippen LogP contribution is -2.41. The number of amides is 2. The molecular weight excluding hydrogens is 356 g/mol. The maximum Gasteiger partial charge on any atom is 0.334 e. The van der Waals surface area contributed by atoms with Crippen LogP contribution < -0.4 is 9.80 Å². The zero-order valence-corrected chi connectivity index (χ0v) is 15.6. The Bertz CT molecular complexity index is 1050. The molecule has 0 saturated heterocycles. The molecule has 2 aliphatic heterocycles. The average molecular weight is 376 g/mol. The minimum Gasteiger partial charge on any atom is -0.307 e. The number of hydrogen-bond donors (Lipinski definition) is 0. The van der Waals surface area contributed by atoms with E-state index in [1.54, 1.807) is 37.6 Å². The summed E-state index contributed by atoms with van der Waals surface area (Å²) in [6.45, 7) is 3.87. The fourth-order valence-corrected chi connectivity index (χ4v) is 3.99. The molecule has 0 spiro atoms. The first-order valence-corrected chi connectivity index (χ1v) is 9.48. The highest BCUT2D eigenvalue weighted by Gasteiger charge is 2.30. The van der Waals surface area contributed by atoms with Crippen LogP contribution in [0.1, 0.15) is 28.8 Å². The number of benzene rings is 1. The Hall–Kier alpha value is -3.42. The predicted octanol–water partition coefficient (Wildman–Crippen LogP) is 2.33. The molecule has 0 aliphatic carbocycles. The molecule has 0 radical (unpaired) electrons. The van der Waals surface area contributed by atoms with Crippen LogP contribution in [0.5, 0.6) is 0 Å². The number of carbonyl (C=O) groups is 2. The van der Waals surface area contributed by atoms with Crippen LogP contribution in [0.15, 0.2) is 42.9 Å². The number of anilines is 2. The van der Waals surface area contributed by atoms with Gasteiger partial charge in [-0.1, -0.05) is 0 Å². The molecule has 0 saturated carbocycles. The summed E-state index contributed by atoms with van der Waals surface area (Å²) in [5.41, 5.74) is 3.33. The van der Waals surface area contributed by atoms with Gasteiger partial charge in [-0.3, -0.25) is 18.9 Å². The zero-order valence-electron chi connectivity index (χ0n) is 15.6. The van der Waals surface area contributed by atoms with Gasteiger partial charge in [0.2, 0.25) is 0 Å². The lowest BCUT2D eigenvalue weighted by Gasteiger charge is -2.29. The summed E-state index contributed by atoms with van der Waals surface area (Å²) in [6, 6.07) is 7.50. The van der Waals surface area contributed by atoms with Crippen molar-refractivity contribution in [3.05, 3.63) is 59.9 Å². The summed E-state index contributed by atoms with van der Waals surface area (Å²) in [7, 11) is 0. The van der Waals surface area contributed by atoms with Crippen molar-refractivity contribution < 1.29 is 9.59 Å². The first-order chi connectivity index (χ1) is 13.7. The second-order valence-corrected chi connectivity index (χ2v) is 6.96. The van der Waals surface area contributed by atoms with E-state index in [2.05, 4.69) is 10.1 Å². The van der Waals surface area contributed by atoms with E-state index in [9.17, 15) is 9.59 Å². The molecule has 142 valence electrons. The first-order valence-electron chi connectivity index (χ1n) is 9.48. The van der Waals surface area contributed by atoms with E-state index in [1.807, 2.05) is 31.2 Å². The first kappa shape index (κ1) is 16.7. The molecule has 0 N–H and O–H groups in total. The lowest BCUT2D eigenvalue weighted by atomic mass is 10.1. The smallest absolute Gasteiger partial charge is 0.307 e. The molecule has 0 atom stereocenters. The van der Waals surface area contributed by atoms with Crippen molar-refractivity contribution in [2.75, 3.05) is 22.9 Å². The quantitative estimate of drug-likeness (QED) is 0.703. The van der Waals surface area contributed by atoms with Crippen molar-refractivity contribution >= 4 is 23.3 Å². The van der Waals surface area contributed by atoms with Crippen LogP contribution in [-0.2, 0) is 19.4 Å². The molecule has 3 aromatic rings. The van der Waals surface area contributed by atoms with Gasteiger partial charge in [-0.25, -0.2) is 9.78 Å². The van der Waals surface area contributed by atoms with E-state index >= 15 is 0 Å². The Labute approximate surface area is 162 Å². The van der Waals surface area contributed by atoms with E-state index < -0.39 is 0 Å². The maximum absolute atomic E-state index is 13.0. The molecule has 2 aliphatic rings. The monoisotopic (exact) mass is 376 g/mol. The van der Waals surface area contributed by atoms with Crippen molar-refractivity contribution in [2.24, 2.45) is 0 Å². The van der Waals surface area contributed by atoms with Crippen LogP contribution in [0.4, 0.5) is 16.2 Å². The summed E-state index contributed by atoms with van der Waals surface area (Å²) in [4.78, 5) is 33.4. The molecule has 0 unspecified atom stereocenters. The van der Waals surface area contributed by atoms with Crippen molar-refractivity contribution in [3.63, 3.8) is 0 Å². The summed E-state index contributed by atoms with van der Waals surface area (Å²) < 4.78 is 3.34. The van der Waals surface area contributed by atoms with E-state index in [0.717, 1.165) is 35.6 Å². The Balaban J connectivity index is 1.40. The van der Waals surface area contributed by atoms with Crippen molar-refractivity contribution in [3.8, 4) is 0 Å². The number of rotatable bonds is 3. The molecule has 1 aromatic carbocycles. The Kier molecular flexibility index (Phi) is 3.78. The Morgan fingerprint density at radius 2 is 1.71 bits per heavy atom. The molecule has 0 bridgehead atoms. The summed E-state index contributed by atoms with van der Waals surface area (Å²) >= 11 is 0. The zero-order chi connectivity index (χ0) is 19.3. The third-order valence-corrected chi connectivity index (χ3v) is 5.45.